The van der Waals surface area contributed by atoms with Crippen LogP contribution in [0.4, 0.5) is 0 Å². The lowest BCUT2D eigenvalue weighted by Crippen LogP contribution is -2.09. The molecule has 0 radical (unpaired) electrons. The highest BCUT2D eigenvalue weighted by molar-refractivity contribution is 8.00. The summed E-state index contributed by atoms with van der Waals surface area (Å²) in [6.07, 6.45) is 11.1. The van der Waals surface area contributed by atoms with Crippen LogP contribution in [0.1, 0.15) is 39.0 Å². The zero-order chi connectivity index (χ0) is 15.9. The van der Waals surface area contributed by atoms with Crippen molar-refractivity contribution in [1.82, 2.24) is 0 Å². The minimum absolute atomic E-state index is 0.0582. The molecule has 0 bridgehead atoms. The van der Waals surface area contributed by atoms with E-state index in [2.05, 4.69) is 79.7 Å². The molecular formula is C22H25S+. The molecule has 0 spiro atoms. The van der Waals surface area contributed by atoms with Gasteiger partial charge < -0.3 is 0 Å². The molecule has 3 rings (SSSR count). The van der Waals surface area contributed by atoms with E-state index in [1.165, 1.54) is 41.9 Å². The van der Waals surface area contributed by atoms with Gasteiger partial charge in [0.2, 0.25) is 0 Å². The van der Waals surface area contributed by atoms with E-state index in [0.29, 0.717) is 0 Å². The van der Waals surface area contributed by atoms with Gasteiger partial charge in [-0.2, -0.15) is 0 Å². The van der Waals surface area contributed by atoms with Crippen LogP contribution in [0.2, 0.25) is 0 Å². The van der Waals surface area contributed by atoms with Crippen LogP contribution in [0.3, 0.4) is 0 Å². The molecular weight excluding hydrogens is 296 g/mol. The number of hydrogen-bond donors (Lipinski definition) is 0. The van der Waals surface area contributed by atoms with Crippen molar-refractivity contribution in [2.24, 2.45) is 0 Å². The molecule has 0 saturated carbocycles. The Morgan fingerprint density at radius 2 is 1.39 bits per heavy atom. The van der Waals surface area contributed by atoms with Crippen molar-refractivity contribution in [2.75, 3.05) is 0 Å². The first-order valence-electron chi connectivity index (χ1n) is 8.61. The van der Waals surface area contributed by atoms with Gasteiger partial charge in [-0.25, -0.2) is 0 Å². The summed E-state index contributed by atoms with van der Waals surface area (Å²) in [6.45, 7) is 2.27. The highest BCUT2D eigenvalue weighted by Gasteiger charge is 2.31. The number of allylic oxidation sites excluding steroid dienone is 4. The molecule has 1 heteroatoms. The number of rotatable bonds is 6. The molecule has 118 valence electrons. The van der Waals surface area contributed by atoms with Crippen LogP contribution < -0.4 is 0 Å². The third-order valence-electron chi connectivity index (χ3n) is 4.27. The fourth-order valence-corrected chi connectivity index (χ4v) is 5.24. The Kier molecular flexibility index (Phi) is 5.76. The normalized spacial score (nSPS) is 14.5. The van der Waals surface area contributed by atoms with Gasteiger partial charge in [-0.3, -0.25) is 0 Å². The van der Waals surface area contributed by atoms with E-state index in [1.807, 2.05) is 0 Å². The van der Waals surface area contributed by atoms with Crippen LogP contribution in [0, 0.1) is 0 Å². The summed E-state index contributed by atoms with van der Waals surface area (Å²) in [5.74, 6) is 0. The molecule has 0 N–H and O–H groups in total. The summed E-state index contributed by atoms with van der Waals surface area (Å²) in [6, 6.07) is 21.9. The van der Waals surface area contributed by atoms with Gasteiger partial charge in [-0.15, -0.1) is 0 Å². The van der Waals surface area contributed by atoms with Gasteiger partial charge in [0, 0.05) is 6.42 Å². The smallest absolute Gasteiger partial charge is 0.0695 e. The Balaban J connectivity index is 1.91. The van der Waals surface area contributed by atoms with Gasteiger partial charge in [0.15, 0.2) is 9.79 Å². The average Bonchev–Trinajstić information content (AvgIpc) is 2.63. The summed E-state index contributed by atoms with van der Waals surface area (Å²) in [5, 5.41) is 0. The predicted molar refractivity (Wildman–Crippen MR) is 102 cm³/mol. The van der Waals surface area contributed by atoms with E-state index in [0.717, 1.165) is 0 Å². The van der Waals surface area contributed by atoms with Crippen molar-refractivity contribution in [3.05, 3.63) is 83.3 Å². The van der Waals surface area contributed by atoms with Gasteiger partial charge in [-0.05, 0) is 49.6 Å². The number of hydrogen-bond acceptors (Lipinski definition) is 0. The lowest BCUT2D eigenvalue weighted by Gasteiger charge is -2.15. The summed E-state index contributed by atoms with van der Waals surface area (Å²) in [7, 11) is 0.0582. The number of benzene rings is 2. The Morgan fingerprint density at radius 1 is 0.783 bits per heavy atom. The highest BCUT2D eigenvalue weighted by atomic mass is 32.2. The molecule has 0 amide bonds. The van der Waals surface area contributed by atoms with E-state index in [4.69, 9.17) is 0 Å². The van der Waals surface area contributed by atoms with Crippen LogP contribution in [0.5, 0.6) is 0 Å². The van der Waals surface area contributed by atoms with Crippen LogP contribution in [0.15, 0.2) is 93.1 Å². The maximum Gasteiger partial charge on any atom is 0.166 e. The molecule has 2 aromatic carbocycles. The maximum absolute atomic E-state index is 2.40. The molecule has 0 aliphatic heterocycles. The largest absolute Gasteiger partial charge is 0.166 e. The monoisotopic (exact) mass is 321 g/mol. The van der Waals surface area contributed by atoms with Crippen molar-refractivity contribution in [3.8, 4) is 0 Å². The summed E-state index contributed by atoms with van der Waals surface area (Å²) in [4.78, 5) is 4.42. The summed E-state index contributed by atoms with van der Waals surface area (Å²) >= 11 is 0. The van der Waals surface area contributed by atoms with Crippen LogP contribution >= 0.6 is 0 Å². The second-order valence-corrected chi connectivity index (χ2v) is 8.07. The first kappa shape index (κ1) is 16.1. The van der Waals surface area contributed by atoms with Crippen LogP contribution in [0.25, 0.3) is 0 Å². The molecule has 23 heavy (non-hydrogen) atoms. The molecule has 1 aliphatic rings. The van der Waals surface area contributed by atoms with Crippen molar-refractivity contribution in [2.45, 2.75) is 48.8 Å². The molecule has 0 unspecified atom stereocenters. The number of unbranched alkanes of at least 4 members (excludes halogenated alkanes) is 1. The molecule has 0 aromatic heterocycles. The Labute approximate surface area is 143 Å². The van der Waals surface area contributed by atoms with Crippen molar-refractivity contribution >= 4 is 10.9 Å². The first-order valence-corrected chi connectivity index (χ1v) is 9.84. The minimum Gasteiger partial charge on any atom is -0.0695 e. The van der Waals surface area contributed by atoms with Gasteiger partial charge in [-0.1, -0.05) is 61.4 Å². The standard InChI is InChI=1S/C22H25S/c1-2-3-10-19-15-17-22(18-16-19)23(20-11-6-4-7-12-20)21-13-8-5-9-14-21/h4-9,11-15,17H,2-3,10,16,18H2,1H3/q+1. The van der Waals surface area contributed by atoms with E-state index >= 15 is 0 Å². The zero-order valence-corrected chi connectivity index (χ0v) is 14.7. The predicted octanol–water partition coefficient (Wildman–Crippen LogP) is 6.52. The van der Waals surface area contributed by atoms with Gasteiger partial charge >= 0.3 is 0 Å². The Morgan fingerprint density at radius 3 is 1.87 bits per heavy atom. The van der Waals surface area contributed by atoms with Gasteiger partial charge in [0.05, 0.1) is 10.9 Å². The Hall–Kier alpha value is -1.73. The quantitative estimate of drug-likeness (QED) is 0.531. The van der Waals surface area contributed by atoms with Gasteiger partial charge in [0.25, 0.3) is 0 Å². The van der Waals surface area contributed by atoms with Crippen LogP contribution in [-0.4, -0.2) is 0 Å². The Bertz CT molecular complexity index is 628. The van der Waals surface area contributed by atoms with E-state index < -0.39 is 0 Å². The van der Waals surface area contributed by atoms with E-state index in [-0.39, 0.29) is 10.9 Å². The second kappa shape index (κ2) is 8.21. The first-order chi connectivity index (χ1) is 11.4. The molecule has 0 heterocycles. The zero-order valence-electron chi connectivity index (χ0n) is 13.9. The second-order valence-electron chi connectivity index (χ2n) is 5.99. The SMILES string of the molecule is CCCCC1=CC=C([S+](c2ccccc2)c2ccccc2)CC1. The van der Waals surface area contributed by atoms with Crippen molar-refractivity contribution < 1.29 is 0 Å². The summed E-state index contributed by atoms with van der Waals surface area (Å²) in [5.41, 5.74) is 1.63. The van der Waals surface area contributed by atoms with E-state index in [9.17, 15) is 0 Å². The topological polar surface area (TPSA) is 0 Å². The average molecular weight is 322 g/mol. The third kappa shape index (κ3) is 4.17. The summed E-state index contributed by atoms with van der Waals surface area (Å²) < 4.78 is 0. The highest BCUT2D eigenvalue weighted by Crippen LogP contribution is 2.35. The fourth-order valence-electron chi connectivity index (χ4n) is 3.00. The lowest BCUT2D eigenvalue weighted by molar-refractivity contribution is 0.748. The lowest BCUT2D eigenvalue weighted by atomic mass is 10.00. The van der Waals surface area contributed by atoms with Crippen molar-refractivity contribution in [3.63, 3.8) is 0 Å². The maximum atomic E-state index is 2.40. The molecule has 0 nitrogen and oxygen atoms in total. The fraction of sp³-hybridized carbons (Fsp3) is 0.273. The van der Waals surface area contributed by atoms with Crippen molar-refractivity contribution in [1.29, 1.82) is 0 Å². The van der Waals surface area contributed by atoms with Crippen LogP contribution in [-0.2, 0) is 10.9 Å². The molecule has 2 aromatic rings. The molecule has 0 fully saturated rings. The minimum atomic E-state index is 0.0582. The molecule has 0 atom stereocenters. The van der Waals surface area contributed by atoms with E-state index in [1.54, 1.807) is 10.5 Å². The van der Waals surface area contributed by atoms with Gasteiger partial charge in [0.1, 0.15) is 4.91 Å². The molecule has 1 aliphatic carbocycles. The third-order valence-corrected chi connectivity index (χ3v) is 6.62. The molecule has 0 saturated heterocycles.